The lowest BCUT2D eigenvalue weighted by atomic mass is 9.97. The van der Waals surface area contributed by atoms with Crippen LogP contribution in [0.3, 0.4) is 0 Å². The molecule has 2 rings (SSSR count). The maximum absolute atomic E-state index is 12.9. The van der Waals surface area contributed by atoms with Gasteiger partial charge in [-0.1, -0.05) is 102 Å². The van der Waals surface area contributed by atoms with Gasteiger partial charge in [0.15, 0.2) is 12.6 Å². The highest BCUT2D eigenvalue weighted by Gasteiger charge is 2.50. The highest BCUT2D eigenvalue weighted by atomic mass is 16.7. The number of hydrogen-bond acceptors (Lipinski definition) is 13. The molecular weight excluding hydrogens is 678 g/mol. The molecule has 0 radical (unpaired) electrons. The van der Waals surface area contributed by atoms with Gasteiger partial charge in [-0.15, -0.1) is 0 Å². The fraction of sp³-hybridized carbons (Fsp3) is 0.868. The second kappa shape index (κ2) is 27.1. The second-order valence-corrected chi connectivity index (χ2v) is 14.1. The fourth-order valence-electron chi connectivity index (χ4n) is 6.30. The Hall–Kier alpha value is -1.53. The second-order valence-electron chi connectivity index (χ2n) is 14.1. The monoisotopic (exact) mass is 747 g/mol. The number of hydrogen-bond donors (Lipinski definition) is 9. The van der Waals surface area contributed by atoms with E-state index in [1.807, 2.05) is 6.08 Å². The fourth-order valence-corrected chi connectivity index (χ4v) is 6.30. The third-order valence-corrected chi connectivity index (χ3v) is 9.64. The average Bonchev–Trinajstić information content (AvgIpc) is 3.14. The molecule has 14 heteroatoms. The molecule has 2 aliphatic rings. The van der Waals surface area contributed by atoms with Crippen molar-refractivity contribution in [2.24, 2.45) is 0 Å². The van der Waals surface area contributed by atoms with Crippen molar-refractivity contribution in [1.29, 1.82) is 0 Å². The Balaban J connectivity index is 1.99. The Labute approximate surface area is 309 Å². The van der Waals surface area contributed by atoms with Crippen LogP contribution in [0.2, 0.25) is 0 Å². The van der Waals surface area contributed by atoms with Crippen LogP contribution in [0.25, 0.3) is 0 Å². The van der Waals surface area contributed by atoms with Crippen LogP contribution in [0.15, 0.2) is 24.3 Å². The van der Waals surface area contributed by atoms with E-state index in [1.165, 1.54) is 44.9 Å². The topological polar surface area (TPSA) is 228 Å². The van der Waals surface area contributed by atoms with Gasteiger partial charge in [0, 0.05) is 6.42 Å². The summed E-state index contributed by atoms with van der Waals surface area (Å²) in [4.78, 5) is 12.9. The molecule has 0 aromatic carbocycles. The summed E-state index contributed by atoms with van der Waals surface area (Å²) in [5, 5.41) is 85.9. The standard InChI is InChI=1S/C38H69NO13/c1-3-5-7-9-11-13-15-17-19-21-27(42)26(39-30(43)22-20-18-16-14-12-10-8-6-4-2)25-49-37-35(48)33(46)36(29(24-41)51-37)52-38-34(47)32(45)31(44)28(23-40)50-38/h11,13,19,21,26-29,31-38,40-42,44-48H,3-10,12,14-18,20,22-25H2,1-2H3,(H,39,43)/b13-11+,21-19+. The van der Waals surface area contributed by atoms with Crippen LogP contribution in [0.5, 0.6) is 0 Å². The molecule has 1 amide bonds. The van der Waals surface area contributed by atoms with E-state index in [9.17, 15) is 45.6 Å². The SMILES string of the molecule is CCCCC/C=C/CC/C=C/C(O)C(COC1OC(CO)C(OC2OC(CO)C(O)C(O)C2O)C(O)C1O)NC(=O)CCCCCCCCCCC. The van der Waals surface area contributed by atoms with E-state index in [4.69, 9.17) is 18.9 Å². The Kier molecular flexibility index (Phi) is 24.3. The summed E-state index contributed by atoms with van der Waals surface area (Å²) in [6, 6.07) is -0.921. The molecule has 2 aliphatic heterocycles. The number of ether oxygens (including phenoxy) is 4. The number of rotatable bonds is 27. The first-order valence-corrected chi connectivity index (χ1v) is 19.6. The minimum atomic E-state index is -1.79. The molecule has 0 saturated carbocycles. The van der Waals surface area contributed by atoms with Gasteiger partial charge in [-0.25, -0.2) is 0 Å². The van der Waals surface area contributed by atoms with Gasteiger partial charge in [0.05, 0.1) is 32.0 Å². The van der Waals surface area contributed by atoms with Crippen LogP contribution < -0.4 is 5.32 Å². The third-order valence-electron chi connectivity index (χ3n) is 9.64. The van der Waals surface area contributed by atoms with E-state index >= 15 is 0 Å². The molecule has 0 bridgehead atoms. The van der Waals surface area contributed by atoms with Crippen LogP contribution in [-0.2, 0) is 23.7 Å². The summed E-state index contributed by atoms with van der Waals surface area (Å²) in [6.07, 6.45) is 6.97. The van der Waals surface area contributed by atoms with E-state index < -0.39 is 86.8 Å². The first-order chi connectivity index (χ1) is 25.1. The summed E-state index contributed by atoms with van der Waals surface area (Å²) < 4.78 is 22.5. The van der Waals surface area contributed by atoms with E-state index in [0.29, 0.717) is 12.8 Å². The number of aliphatic hydroxyl groups excluding tert-OH is 8. The van der Waals surface area contributed by atoms with Gasteiger partial charge in [-0.05, 0) is 32.1 Å². The molecular formula is C38H69NO13. The molecule has 12 atom stereocenters. The summed E-state index contributed by atoms with van der Waals surface area (Å²) in [5.74, 6) is -0.259. The predicted octanol–water partition coefficient (Wildman–Crippen LogP) is 1.87. The Morgan fingerprint density at radius 3 is 1.88 bits per heavy atom. The third kappa shape index (κ3) is 16.5. The van der Waals surface area contributed by atoms with Crippen LogP contribution in [-0.4, -0.2) is 140 Å². The summed E-state index contributed by atoms with van der Waals surface area (Å²) >= 11 is 0. The number of allylic oxidation sites excluding steroid dienone is 3. The van der Waals surface area contributed by atoms with E-state index in [1.54, 1.807) is 6.08 Å². The van der Waals surface area contributed by atoms with E-state index in [-0.39, 0.29) is 18.9 Å². The van der Waals surface area contributed by atoms with E-state index in [2.05, 4.69) is 31.3 Å². The zero-order chi connectivity index (χ0) is 38.3. The van der Waals surface area contributed by atoms with Crippen molar-refractivity contribution in [3.63, 3.8) is 0 Å². The highest BCUT2D eigenvalue weighted by molar-refractivity contribution is 5.76. The van der Waals surface area contributed by atoms with Crippen molar-refractivity contribution in [2.45, 2.75) is 190 Å². The maximum Gasteiger partial charge on any atom is 0.220 e. The molecule has 2 fully saturated rings. The summed E-state index contributed by atoms with van der Waals surface area (Å²) in [7, 11) is 0. The van der Waals surface area contributed by atoms with Crippen molar-refractivity contribution < 1.29 is 64.6 Å². The quantitative estimate of drug-likeness (QED) is 0.0433. The van der Waals surface area contributed by atoms with Gasteiger partial charge >= 0.3 is 0 Å². The van der Waals surface area contributed by atoms with Crippen LogP contribution >= 0.6 is 0 Å². The minimum absolute atomic E-state index is 0.259. The number of nitrogens with one attached hydrogen (secondary N) is 1. The van der Waals surface area contributed by atoms with Crippen molar-refractivity contribution in [3.05, 3.63) is 24.3 Å². The smallest absolute Gasteiger partial charge is 0.220 e. The van der Waals surface area contributed by atoms with Gasteiger partial charge in [0.2, 0.25) is 5.91 Å². The highest BCUT2D eigenvalue weighted by Crippen LogP contribution is 2.29. The zero-order valence-corrected chi connectivity index (χ0v) is 31.3. The molecule has 12 unspecified atom stereocenters. The van der Waals surface area contributed by atoms with Gasteiger partial charge in [0.25, 0.3) is 0 Å². The lowest BCUT2D eigenvalue weighted by Gasteiger charge is -2.46. The van der Waals surface area contributed by atoms with Gasteiger partial charge in [-0.3, -0.25) is 4.79 Å². The molecule has 0 aliphatic carbocycles. The van der Waals surface area contributed by atoms with Gasteiger partial charge in [0.1, 0.15) is 48.8 Å². The van der Waals surface area contributed by atoms with Gasteiger partial charge < -0.3 is 65.1 Å². The summed E-state index contributed by atoms with van der Waals surface area (Å²) in [5.41, 5.74) is 0. The largest absolute Gasteiger partial charge is 0.394 e. The lowest BCUT2D eigenvalue weighted by molar-refractivity contribution is -0.359. The lowest BCUT2D eigenvalue weighted by Crippen LogP contribution is -2.65. The number of aliphatic hydroxyl groups is 8. The minimum Gasteiger partial charge on any atom is -0.394 e. The van der Waals surface area contributed by atoms with Crippen molar-refractivity contribution in [1.82, 2.24) is 5.32 Å². The molecule has 304 valence electrons. The predicted molar refractivity (Wildman–Crippen MR) is 194 cm³/mol. The molecule has 2 heterocycles. The molecule has 0 aromatic heterocycles. The number of carbonyl (C=O) groups is 1. The van der Waals surface area contributed by atoms with Crippen molar-refractivity contribution in [2.75, 3.05) is 19.8 Å². The Morgan fingerprint density at radius 2 is 1.23 bits per heavy atom. The van der Waals surface area contributed by atoms with E-state index in [0.717, 1.165) is 38.5 Å². The normalized spacial score (nSPS) is 31.0. The van der Waals surface area contributed by atoms with Gasteiger partial charge in [-0.2, -0.15) is 0 Å². The molecule has 9 N–H and O–H groups in total. The molecule has 0 aromatic rings. The summed E-state index contributed by atoms with van der Waals surface area (Å²) in [6.45, 7) is 2.63. The molecule has 52 heavy (non-hydrogen) atoms. The first-order valence-electron chi connectivity index (χ1n) is 19.6. The molecule has 2 saturated heterocycles. The molecule has 0 spiro atoms. The number of carbonyl (C=O) groups excluding carboxylic acids is 1. The number of amides is 1. The first kappa shape index (κ1) is 46.6. The Morgan fingerprint density at radius 1 is 0.673 bits per heavy atom. The van der Waals surface area contributed by atoms with Crippen molar-refractivity contribution >= 4 is 5.91 Å². The maximum atomic E-state index is 12.9. The Bertz CT molecular complexity index is 983. The average molecular weight is 748 g/mol. The number of unbranched alkanes of at least 4 members (excludes halogenated alkanes) is 12. The van der Waals surface area contributed by atoms with Crippen LogP contribution in [0.4, 0.5) is 0 Å². The zero-order valence-electron chi connectivity index (χ0n) is 31.3. The van der Waals surface area contributed by atoms with Crippen LogP contribution in [0.1, 0.15) is 117 Å². The molecule has 14 nitrogen and oxygen atoms in total. The van der Waals surface area contributed by atoms with Crippen molar-refractivity contribution in [3.8, 4) is 0 Å². The van der Waals surface area contributed by atoms with Crippen LogP contribution in [0, 0.1) is 0 Å².